The van der Waals surface area contributed by atoms with Gasteiger partial charge in [0.05, 0.1) is 6.10 Å². The zero-order chi connectivity index (χ0) is 8.53. The predicted octanol–water partition coefficient (Wildman–Crippen LogP) is 3.20. The molecule has 1 nitrogen and oxygen atoms in total. The van der Waals surface area contributed by atoms with Crippen molar-refractivity contribution in [3.8, 4) is 0 Å². The number of unbranched alkanes of at least 4 members (excludes halogenated alkanes) is 1. The minimum absolute atomic E-state index is 0.409. The topological polar surface area (TPSA) is 9.23 Å². The lowest BCUT2D eigenvalue weighted by molar-refractivity contribution is 0.0468. The molecule has 1 atom stereocenters. The Morgan fingerprint density at radius 3 is 2.45 bits per heavy atom. The third kappa shape index (κ3) is 6.36. The molecule has 1 radical (unpaired) electrons. The summed E-state index contributed by atoms with van der Waals surface area (Å²) in [5.41, 5.74) is 0. The van der Waals surface area contributed by atoms with Crippen molar-refractivity contribution in [3.05, 3.63) is 6.92 Å². The summed E-state index contributed by atoms with van der Waals surface area (Å²) in [5.74, 6) is 0. The summed E-state index contributed by atoms with van der Waals surface area (Å²) in [7, 11) is 0. The van der Waals surface area contributed by atoms with Crippen molar-refractivity contribution in [3.63, 3.8) is 0 Å². The van der Waals surface area contributed by atoms with Crippen LogP contribution in [0.3, 0.4) is 0 Å². The third-order valence-electron chi connectivity index (χ3n) is 1.78. The molecule has 0 saturated carbocycles. The molecule has 0 saturated heterocycles. The van der Waals surface area contributed by atoms with Crippen LogP contribution in [0.1, 0.15) is 46.0 Å². The molecule has 0 bridgehead atoms. The highest BCUT2D eigenvalue weighted by Gasteiger charge is 2.03. The quantitative estimate of drug-likeness (QED) is 0.516. The van der Waals surface area contributed by atoms with Crippen LogP contribution in [0.25, 0.3) is 0 Å². The van der Waals surface area contributed by atoms with Crippen molar-refractivity contribution >= 4 is 0 Å². The lowest BCUT2D eigenvalue weighted by Crippen LogP contribution is -2.12. The van der Waals surface area contributed by atoms with Crippen LogP contribution in [0.15, 0.2) is 0 Å². The van der Waals surface area contributed by atoms with E-state index in [2.05, 4.69) is 20.8 Å². The van der Waals surface area contributed by atoms with Gasteiger partial charge in [-0.25, -0.2) is 0 Å². The standard InChI is InChI=1S/C10H21O/c1-4-7-9-11-10(6-3)8-5-2/h10H,3-9H2,1-2H3. The molecule has 67 valence electrons. The van der Waals surface area contributed by atoms with Gasteiger partial charge in [-0.05, 0) is 19.3 Å². The molecule has 0 rings (SSSR count). The fourth-order valence-electron chi connectivity index (χ4n) is 1.03. The number of ether oxygens (including phenoxy) is 1. The van der Waals surface area contributed by atoms with Crippen molar-refractivity contribution in [2.45, 2.75) is 52.1 Å². The first kappa shape index (κ1) is 11.0. The SMILES string of the molecule is [CH2]CC(CCC)OCCCC. The summed E-state index contributed by atoms with van der Waals surface area (Å²) in [6, 6.07) is 0. The largest absolute Gasteiger partial charge is 0.378 e. The van der Waals surface area contributed by atoms with Gasteiger partial charge in [-0.1, -0.05) is 33.6 Å². The first-order chi connectivity index (χ1) is 5.35. The summed E-state index contributed by atoms with van der Waals surface area (Å²) in [6.45, 7) is 9.14. The van der Waals surface area contributed by atoms with Gasteiger partial charge in [-0.3, -0.25) is 0 Å². The minimum Gasteiger partial charge on any atom is -0.378 e. The Bertz CT molecular complexity index is 71.3. The average Bonchev–Trinajstić information content (AvgIpc) is 2.03. The van der Waals surface area contributed by atoms with Crippen molar-refractivity contribution in [1.29, 1.82) is 0 Å². The van der Waals surface area contributed by atoms with E-state index >= 15 is 0 Å². The van der Waals surface area contributed by atoms with Crippen molar-refractivity contribution in [1.82, 2.24) is 0 Å². The van der Waals surface area contributed by atoms with Crippen LogP contribution in [-0.2, 0) is 4.74 Å². The van der Waals surface area contributed by atoms with Crippen LogP contribution < -0.4 is 0 Å². The average molecular weight is 157 g/mol. The van der Waals surface area contributed by atoms with Gasteiger partial charge in [0.1, 0.15) is 0 Å². The Labute approximate surface area is 71.1 Å². The predicted molar refractivity (Wildman–Crippen MR) is 49.5 cm³/mol. The van der Waals surface area contributed by atoms with Gasteiger partial charge in [0.25, 0.3) is 0 Å². The molecule has 1 unspecified atom stereocenters. The van der Waals surface area contributed by atoms with Crippen molar-refractivity contribution in [2.75, 3.05) is 6.61 Å². The van der Waals surface area contributed by atoms with Gasteiger partial charge < -0.3 is 4.74 Å². The number of hydrogen-bond donors (Lipinski definition) is 0. The monoisotopic (exact) mass is 157 g/mol. The fourth-order valence-corrected chi connectivity index (χ4v) is 1.03. The lowest BCUT2D eigenvalue weighted by atomic mass is 10.1. The molecule has 0 N–H and O–H groups in total. The molecule has 0 fully saturated rings. The maximum absolute atomic E-state index is 5.61. The third-order valence-corrected chi connectivity index (χ3v) is 1.78. The molecule has 0 aromatic carbocycles. The zero-order valence-corrected chi connectivity index (χ0v) is 7.94. The molecule has 0 aliphatic carbocycles. The first-order valence-corrected chi connectivity index (χ1v) is 4.76. The number of rotatable bonds is 7. The second kappa shape index (κ2) is 8.06. The zero-order valence-electron chi connectivity index (χ0n) is 7.94. The summed E-state index contributed by atoms with van der Waals surface area (Å²) < 4.78 is 5.61. The van der Waals surface area contributed by atoms with Gasteiger partial charge in [0, 0.05) is 6.61 Å². The van der Waals surface area contributed by atoms with Crippen LogP contribution in [0.2, 0.25) is 0 Å². The Kier molecular flexibility index (Phi) is 8.03. The summed E-state index contributed by atoms with van der Waals surface area (Å²) in [5, 5.41) is 0. The molecule has 11 heavy (non-hydrogen) atoms. The molecule has 0 spiro atoms. The molecular formula is C10H21O. The van der Waals surface area contributed by atoms with E-state index < -0.39 is 0 Å². The van der Waals surface area contributed by atoms with Crippen LogP contribution in [0, 0.1) is 6.92 Å². The van der Waals surface area contributed by atoms with E-state index in [-0.39, 0.29) is 0 Å². The first-order valence-electron chi connectivity index (χ1n) is 4.76. The minimum atomic E-state index is 0.409. The Balaban J connectivity index is 3.20. The Morgan fingerprint density at radius 2 is 2.00 bits per heavy atom. The molecule has 0 amide bonds. The summed E-state index contributed by atoms with van der Waals surface area (Å²) >= 11 is 0. The van der Waals surface area contributed by atoms with Crippen molar-refractivity contribution < 1.29 is 4.74 Å². The molecule has 0 aromatic heterocycles. The fraction of sp³-hybridized carbons (Fsp3) is 0.900. The highest BCUT2D eigenvalue weighted by Crippen LogP contribution is 2.06. The van der Waals surface area contributed by atoms with Gasteiger partial charge in [-0.2, -0.15) is 0 Å². The Hall–Kier alpha value is -0.0400. The summed E-state index contributed by atoms with van der Waals surface area (Å²) in [4.78, 5) is 0. The molecule has 1 heteroatoms. The van der Waals surface area contributed by atoms with E-state index in [4.69, 9.17) is 4.74 Å². The molecular weight excluding hydrogens is 136 g/mol. The van der Waals surface area contributed by atoms with E-state index in [0.29, 0.717) is 6.10 Å². The summed E-state index contributed by atoms with van der Waals surface area (Å²) in [6.07, 6.45) is 6.08. The van der Waals surface area contributed by atoms with E-state index in [1.807, 2.05) is 0 Å². The molecule has 0 heterocycles. The van der Waals surface area contributed by atoms with E-state index in [9.17, 15) is 0 Å². The van der Waals surface area contributed by atoms with E-state index in [1.165, 1.54) is 19.3 Å². The van der Waals surface area contributed by atoms with Gasteiger partial charge in [-0.15, -0.1) is 0 Å². The van der Waals surface area contributed by atoms with Gasteiger partial charge in [0.15, 0.2) is 0 Å². The second-order valence-electron chi connectivity index (χ2n) is 2.92. The van der Waals surface area contributed by atoms with Gasteiger partial charge in [0.2, 0.25) is 0 Å². The smallest absolute Gasteiger partial charge is 0.0575 e. The Morgan fingerprint density at radius 1 is 1.27 bits per heavy atom. The highest BCUT2D eigenvalue weighted by molar-refractivity contribution is 4.58. The second-order valence-corrected chi connectivity index (χ2v) is 2.92. The van der Waals surface area contributed by atoms with Crippen LogP contribution in [-0.4, -0.2) is 12.7 Å². The van der Waals surface area contributed by atoms with Crippen LogP contribution in [0.5, 0.6) is 0 Å². The van der Waals surface area contributed by atoms with Crippen LogP contribution in [0.4, 0.5) is 0 Å². The molecule has 0 aliphatic heterocycles. The maximum atomic E-state index is 5.61. The molecule has 0 aromatic rings. The lowest BCUT2D eigenvalue weighted by Gasteiger charge is -2.14. The molecule has 0 aliphatic rings. The van der Waals surface area contributed by atoms with E-state index in [0.717, 1.165) is 19.4 Å². The number of hydrogen-bond acceptors (Lipinski definition) is 1. The van der Waals surface area contributed by atoms with Crippen molar-refractivity contribution in [2.24, 2.45) is 0 Å². The van der Waals surface area contributed by atoms with Crippen LogP contribution >= 0.6 is 0 Å². The normalized spacial score (nSPS) is 13.4. The van der Waals surface area contributed by atoms with E-state index in [1.54, 1.807) is 0 Å². The maximum Gasteiger partial charge on any atom is 0.0575 e. The highest BCUT2D eigenvalue weighted by atomic mass is 16.5. The van der Waals surface area contributed by atoms with Gasteiger partial charge >= 0.3 is 0 Å².